The van der Waals surface area contributed by atoms with E-state index in [2.05, 4.69) is 15.3 Å². The molecule has 0 atom stereocenters. The third-order valence-electron chi connectivity index (χ3n) is 2.95. The third-order valence-corrected chi connectivity index (χ3v) is 2.95. The van der Waals surface area contributed by atoms with Gasteiger partial charge in [0.05, 0.1) is 18.7 Å². The van der Waals surface area contributed by atoms with Crippen LogP contribution in [0.1, 0.15) is 28.5 Å². The highest BCUT2D eigenvalue weighted by Crippen LogP contribution is 2.30. The zero-order valence-electron chi connectivity index (χ0n) is 12.6. The van der Waals surface area contributed by atoms with Crippen molar-refractivity contribution < 1.29 is 22.7 Å². The number of hydrogen-bond acceptors (Lipinski definition) is 5. The molecule has 2 rings (SSSR count). The van der Waals surface area contributed by atoms with Gasteiger partial charge in [-0.2, -0.15) is 18.2 Å². The first-order valence-electron chi connectivity index (χ1n) is 6.86. The van der Waals surface area contributed by atoms with Crippen LogP contribution in [0.4, 0.5) is 19.0 Å². The first-order valence-corrected chi connectivity index (χ1v) is 6.86. The Labute approximate surface area is 134 Å². The Balaban J connectivity index is 2.34. The van der Waals surface area contributed by atoms with Crippen LogP contribution in [-0.2, 0) is 17.5 Å². The van der Waals surface area contributed by atoms with Gasteiger partial charge in [0.25, 0.3) is 5.91 Å². The Bertz CT molecular complexity index is 755. The lowest BCUT2D eigenvalue weighted by Gasteiger charge is -2.09. The van der Waals surface area contributed by atoms with Crippen molar-refractivity contribution in [1.29, 1.82) is 0 Å². The predicted molar refractivity (Wildman–Crippen MR) is 78.9 cm³/mol. The lowest BCUT2D eigenvalue weighted by atomic mass is 10.1. The van der Waals surface area contributed by atoms with Crippen LogP contribution >= 0.6 is 0 Å². The summed E-state index contributed by atoms with van der Waals surface area (Å²) < 4.78 is 44.4. The quantitative estimate of drug-likeness (QED) is 0.643. The van der Waals surface area contributed by atoms with Gasteiger partial charge < -0.3 is 10.5 Å². The summed E-state index contributed by atoms with van der Waals surface area (Å²) in [7, 11) is 0. The van der Waals surface area contributed by atoms with Crippen molar-refractivity contribution >= 4 is 18.1 Å². The molecule has 0 spiro atoms. The van der Waals surface area contributed by atoms with Gasteiger partial charge >= 0.3 is 6.18 Å². The van der Waals surface area contributed by atoms with Crippen molar-refractivity contribution in [3.8, 4) is 0 Å². The summed E-state index contributed by atoms with van der Waals surface area (Å²) in [5.41, 5.74) is 4.53. The fourth-order valence-electron chi connectivity index (χ4n) is 1.88. The van der Waals surface area contributed by atoms with Gasteiger partial charge in [-0.1, -0.05) is 17.3 Å². The summed E-state index contributed by atoms with van der Waals surface area (Å²) in [6.07, 6.45) is -3.36. The van der Waals surface area contributed by atoms with Crippen LogP contribution in [0.5, 0.6) is 0 Å². The molecule has 0 saturated carbocycles. The van der Waals surface area contributed by atoms with E-state index in [1.807, 2.05) is 0 Å². The number of primary amides is 1. The summed E-state index contributed by atoms with van der Waals surface area (Å²) in [4.78, 5) is 15.3. The minimum atomic E-state index is -4.45. The average molecular weight is 341 g/mol. The van der Waals surface area contributed by atoms with Crippen molar-refractivity contribution in [2.75, 3.05) is 6.61 Å². The fourth-order valence-corrected chi connectivity index (χ4v) is 1.88. The third kappa shape index (κ3) is 4.09. The van der Waals surface area contributed by atoms with E-state index in [0.29, 0.717) is 12.2 Å². The van der Waals surface area contributed by atoms with E-state index in [4.69, 9.17) is 10.5 Å². The number of hydrogen-bond donors (Lipinski definition) is 1. The Morgan fingerprint density at radius 2 is 2.21 bits per heavy atom. The molecule has 0 bridgehead atoms. The van der Waals surface area contributed by atoms with Crippen molar-refractivity contribution in [3.05, 3.63) is 41.1 Å². The van der Waals surface area contributed by atoms with Gasteiger partial charge in [-0.05, 0) is 24.6 Å². The number of nitrogens with zero attached hydrogens (tertiary/aromatic N) is 4. The summed E-state index contributed by atoms with van der Waals surface area (Å²) >= 11 is 0. The van der Waals surface area contributed by atoms with E-state index in [1.165, 1.54) is 16.8 Å². The topological polar surface area (TPSA) is 95.4 Å². The van der Waals surface area contributed by atoms with Gasteiger partial charge in [-0.25, -0.2) is 4.68 Å². The molecule has 2 aromatic rings. The van der Waals surface area contributed by atoms with Crippen LogP contribution in [0.2, 0.25) is 0 Å². The minimum Gasteiger partial charge on any atom is -0.483 e. The molecule has 7 nitrogen and oxygen atoms in total. The molecule has 2 N–H and O–H groups in total. The monoisotopic (exact) mass is 341 g/mol. The largest absolute Gasteiger partial charge is 0.483 e. The number of rotatable bonds is 6. The predicted octanol–water partition coefficient (Wildman–Crippen LogP) is 2.14. The zero-order chi connectivity index (χ0) is 17.7. The normalized spacial score (nSPS) is 11.8. The van der Waals surface area contributed by atoms with Crippen LogP contribution < -0.4 is 5.73 Å². The lowest BCUT2D eigenvalue weighted by Crippen LogP contribution is -2.12. The minimum absolute atomic E-state index is 0.00774. The molecule has 0 unspecified atom stereocenters. The highest BCUT2D eigenvalue weighted by Gasteiger charge is 2.30. The van der Waals surface area contributed by atoms with Gasteiger partial charge in [0.1, 0.15) is 0 Å². The number of benzene rings is 1. The molecule has 0 radical (unpaired) electrons. The average Bonchev–Trinajstić information content (AvgIpc) is 2.90. The first kappa shape index (κ1) is 17.4. The number of ether oxygens (including phenoxy) is 1. The standard InChI is InChI=1S/C14H14F3N5O2/c1-2-24-8-19-13-11(12(18)23)20-21-22(13)7-9-4-3-5-10(6-9)14(15,16)17/h3-6,8H,2,7H2,1H3,(H2,18,23)/b19-8+. The maximum absolute atomic E-state index is 12.8. The molecule has 0 aliphatic rings. The highest BCUT2D eigenvalue weighted by atomic mass is 19.4. The van der Waals surface area contributed by atoms with E-state index in [-0.39, 0.29) is 18.1 Å². The molecule has 10 heteroatoms. The number of carbonyl (C=O) groups excluding carboxylic acids is 1. The van der Waals surface area contributed by atoms with E-state index in [9.17, 15) is 18.0 Å². The first-order chi connectivity index (χ1) is 11.3. The Morgan fingerprint density at radius 1 is 1.46 bits per heavy atom. The van der Waals surface area contributed by atoms with E-state index in [1.54, 1.807) is 6.92 Å². The molecular weight excluding hydrogens is 327 g/mol. The number of carbonyl (C=O) groups is 1. The molecule has 1 amide bonds. The number of alkyl halides is 3. The summed E-state index contributed by atoms with van der Waals surface area (Å²) in [5.74, 6) is -0.845. The zero-order valence-corrected chi connectivity index (χ0v) is 12.6. The molecule has 1 aromatic heterocycles. The summed E-state index contributed by atoms with van der Waals surface area (Å²) in [6.45, 7) is 2.02. The number of nitrogens with two attached hydrogens (primary N) is 1. The number of halogens is 3. The van der Waals surface area contributed by atoms with Crippen molar-refractivity contribution in [2.24, 2.45) is 10.7 Å². The van der Waals surface area contributed by atoms with Crippen LogP contribution in [-0.4, -0.2) is 33.9 Å². The second kappa shape index (κ2) is 7.11. The Hall–Kier alpha value is -2.91. The second-order valence-electron chi connectivity index (χ2n) is 4.67. The van der Waals surface area contributed by atoms with E-state index < -0.39 is 17.6 Å². The van der Waals surface area contributed by atoms with Crippen molar-refractivity contribution in [1.82, 2.24) is 15.0 Å². The van der Waals surface area contributed by atoms with Crippen molar-refractivity contribution in [2.45, 2.75) is 19.6 Å². The van der Waals surface area contributed by atoms with Gasteiger partial charge in [0, 0.05) is 0 Å². The van der Waals surface area contributed by atoms with Gasteiger partial charge in [0.2, 0.25) is 0 Å². The smallest absolute Gasteiger partial charge is 0.416 e. The van der Waals surface area contributed by atoms with Gasteiger partial charge in [0.15, 0.2) is 17.9 Å². The molecule has 0 fully saturated rings. The molecule has 0 aliphatic carbocycles. The maximum atomic E-state index is 12.8. The van der Waals surface area contributed by atoms with Gasteiger partial charge in [-0.3, -0.25) is 4.79 Å². The van der Waals surface area contributed by atoms with Gasteiger partial charge in [-0.15, -0.1) is 5.10 Å². The lowest BCUT2D eigenvalue weighted by molar-refractivity contribution is -0.137. The van der Waals surface area contributed by atoms with Crippen molar-refractivity contribution in [3.63, 3.8) is 0 Å². The molecule has 0 saturated heterocycles. The second-order valence-corrected chi connectivity index (χ2v) is 4.67. The summed E-state index contributed by atoms with van der Waals surface area (Å²) in [5, 5.41) is 7.33. The SMILES string of the molecule is CCO/C=N/c1c(C(N)=O)nnn1Cc1cccc(C(F)(F)F)c1. The number of amides is 1. The number of aromatic nitrogens is 3. The maximum Gasteiger partial charge on any atom is 0.416 e. The molecule has 24 heavy (non-hydrogen) atoms. The molecular formula is C14H14F3N5O2. The van der Waals surface area contributed by atoms with E-state index in [0.717, 1.165) is 18.5 Å². The van der Waals surface area contributed by atoms with Crippen LogP contribution in [0.25, 0.3) is 0 Å². The van der Waals surface area contributed by atoms with Crippen LogP contribution in [0.3, 0.4) is 0 Å². The Morgan fingerprint density at radius 3 is 2.83 bits per heavy atom. The Kier molecular flexibility index (Phi) is 5.17. The molecule has 1 aromatic carbocycles. The van der Waals surface area contributed by atoms with Crippen LogP contribution in [0.15, 0.2) is 29.3 Å². The molecule has 1 heterocycles. The van der Waals surface area contributed by atoms with Crippen LogP contribution in [0, 0.1) is 0 Å². The summed E-state index contributed by atoms with van der Waals surface area (Å²) in [6, 6.07) is 4.74. The highest BCUT2D eigenvalue weighted by molar-refractivity contribution is 5.95. The fraction of sp³-hybridized carbons (Fsp3) is 0.286. The van der Waals surface area contributed by atoms with E-state index >= 15 is 0 Å². The molecule has 128 valence electrons. The number of aliphatic imine (C=N–C) groups is 1. The molecule has 0 aliphatic heterocycles.